The van der Waals surface area contributed by atoms with Crippen LogP contribution in [-0.4, -0.2) is 51.8 Å². The monoisotopic (exact) mass is 486 g/mol. The fourth-order valence-corrected chi connectivity index (χ4v) is 3.10. The van der Waals surface area contributed by atoms with Gasteiger partial charge in [-0.25, -0.2) is 0 Å². The summed E-state index contributed by atoms with van der Waals surface area (Å²) in [4.78, 5) is 36.5. The molecule has 0 saturated carbocycles. The third-order valence-corrected chi connectivity index (χ3v) is 4.82. The van der Waals surface area contributed by atoms with Crippen molar-refractivity contribution in [2.24, 2.45) is 0 Å². The zero-order valence-corrected chi connectivity index (χ0v) is 20.8. The van der Waals surface area contributed by atoms with Crippen LogP contribution in [0.1, 0.15) is 26.3 Å². The second kappa shape index (κ2) is 11.8. The van der Waals surface area contributed by atoms with Gasteiger partial charge in [-0.15, -0.1) is 0 Å². The van der Waals surface area contributed by atoms with Gasteiger partial charge < -0.3 is 34.3 Å². The Morgan fingerprint density at radius 2 is 1.43 bits per heavy atom. The quantitative estimate of drug-likeness (QED) is 0.386. The highest BCUT2D eigenvalue weighted by atomic mass is 16.6. The van der Waals surface area contributed by atoms with Gasteiger partial charge in [0.05, 0.1) is 39.7 Å². The van der Waals surface area contributed by atoms with Crippen molar-refractivity contribution in [3.8, 4) is 23.0 Å². The van der Waals surface area contributed by atoms with Crippen molar-refractivity contribution >= 4 is 35.2 Å². The van der Waals surface area contributed by atoms with Crippen molar-refractivity contribution in [3.05, 3.63) is 42.0 Å². The van der Waals surface area contributed by atoms with Crippen molar-refractivity contribution in [1.82, 2.24) is 0 Å². The molecule has 10 heteroatoms. The molecular weight excluding hydrogens is 456 g/mol. The number of rotatable bonds is 10. The summed E-state index contributed by atoms with van der Waals surface area (Å²) < 4.78 is 26.3. The van der Waals surface area contributed by atoms with E-state index in [0.29, 0.717) is 34.2 Å². The van der Waals surface area contributed by atoms with Gasteiger partial charge in [-0.2, -0.15) is 0 Å². The van der Waals surface area contributed by atoms with E-state index in [-0.39, 0.29) is 5.69 Å². The zero-order valence-electron chi connectivity index (χ0n) is 20.8. The van der Waals surface area contributed by atoms with Gasteiger partial charge in [0.1, 0.15) is 23.0 Å². The molecule has 2 N–H and O–H groups in total. The second-order valence-electron chi connectivity index (χ2n) is 7.74. The predicted octanol–water partition coefficient (Wildman–Crippen LogP) is 3.65. The van der Waals surface area contributed by atoms with Crippen LogP contribution in [0.4, 0.5) is 11.4 Å². The molecule has 0 unspecified atom stereocenters. The summed E-state index contributed by atoms with van der Waals surface area (Å²) in [6.07, 6.45) is 2.87. The Labute approximate surface area is 204 Å². The van der Waals surface area contributed by atoms with E-state index in [1.807, 2.05) is 0 Å². The number of amides is 2. The number of esters is 1. The van der Waals surface area contributed by atoms with Gasteiger partial charge in [0.25, 0.3) is 5.91 Å². The van der Waals surface area contributed by atoms with Crippen molar-refractivity contribution < 1.29 is 38.1 Å². The van der Waals surface area contributed by atoms with Gasteiger partial charge in [-0.3, -0.25) is 14.4 Å². The lowest BCUT2D eigenvalue weighted by atomic mass is 10.1. The van der Waals surface area contributed by atoms with Crippen LogP contribution in [0.25, 0.3) is 6.08 Å². The Balaban J connectivity index is 2.24. The summed E-state index contributed by atoms with van der Waals surface area (Å²) in [6, 6.07) is 8.09. The Hall–Kier alpha value is -4.21. The normalized spacial score (nSPS) is 10.9. The van der Waals surface area contributed by atoms with Gasteiger partial charge in [0.2, 0.25) is 5.91 Å². The van der Waals surface area contributed by atoms with E-state index in [1.54, 1.807) is 30.3 Å². The number of methoxy groups -OCH3 is 4. The van der Waals surface area contributed by atoms with E-state index in [9.17, 15) is 14.4 Å². The van der Waals surface area contributed by atoms with Crippen LogP contribution >= 0.6 is 0 Å². The number of nitrogens with one attached hydrogen (secondary N) is 2. The highest BCUT2D eigenvalue weighted by Crippen LogP contribution is 2.35. The van der Waals surface area contributed by atoms with Crippen LogP contribution in [0.5, 0.6) is 23.0 Å². The molecular formula is C25H30N2O8. The summed E-state index contributed by atoms with van der Waals surface area (Å²) in [5.41, 5.74) is -0.163. The molecule has 0 aliphatic heterocycles. The molecule has 2 aromatic carbocycles. The van der Waals surface area contributed by atoms with E-state index >= 15 is 0 Å². The van der Waals surface area contributed by atoms with Gasteiger partial charge in [-0.05, 0) is 38.1 Å². The summed E-state index contributed by atoms with van der Waals surface area (Å²) in [5.74, 6) is 0.254. The molecule has 2 aromatic rings. The fraction of sp³-hybridized carbons (Fsp3) is 0.320. The number of ether oxygens (including phenoxy) is 5. The molecule has 0 saturated heterocycles. The first kappa shape index (κ1) is 27.0. The Bertz CT molecular complexity index is 1100. The fourth-order valence-electron chi connectivity index (χ4n) is 3.10. The maximum atomic E-state index is 12.6. The Kier molecular flexibility index (Phi) is 9.10. The largest absolute Gasteiger partial charge is 0.496 e. The standard InChI is InChI=1S/C25H30N2O8/c1-15(28)35-25(2,3)24(30)27-19-12-16(8-10-20(19)32-5)26-23(29)11-9-18-21(33-6)13-17(31-4)14-22(18)34-7/h8-14H,1-7H3,(H,26,29)(H,27,30)/b11-9+. The maximum absolute atomic E-state index is 12.6. The Morgan fingerprint density at radius 3 is 1.94 bits per heavy atom. The van der Waals surface area contributed by atoms with E-state index < -0.39 is 23.4 Å². The highest BCUT2D eigenvalue weighted by Gasteiger charge is 2.31. The van der Waals surface area contributed by atoms with Crippen LogP contribution in [0.3, 0.4) is 0 Å². The first-order valence-electron chi connectivity index (χ1n) is 10.5. The molecule has 0 bridgehead atoms. The lowest BCUT2D eigenvalue weighted by molar-refractivity contribution is -0.160. The molecule has 188 valence electrons. The number of hydrogen-bond acceptors (Lipinski definition) is 8. The Morgan fingerprint density at radius 1 is 0.829 bits per heavy atom. The highest BCUT2D eigenvalue weighted by molar-refractivity contribution is 6.04. The number of carbonyl (C=O) groups excluding carboxylic acids is 3. The lowest BCUT2D eigenvalue weighted by Gasteiger charge is -2.24. The van der Waals surface area contributed by atoms with Crippen LogP contribution in [0.2, 0.25) is 0 Å². The summed E-state index contributed by atoms with van der Waals surface area (Å²) in [6.45, 7) is 4.15. The van der Waals surface area contributed by atoms with E-state index in [4.69, 9.17) is 23.7 Å². The van der Waals surface area contributed by atoms with E-state index in [2.05, 4.69) is 10.6 Å². The molecule has 0 spiro atoms. The minimum atomic E-state index is -1.41. The third kappa shape index (κ3) is 7.13. The van der Waals surface area contributed by atoms with E-state index in [1.165, 1.54) is 61.4 Å². The van der Waals surface area contributed by atoms with Crippen LogP contribution in [-0.2, 0) is 19.1 Å². The van der Waals surface area contributed by atoms with Crippen LogP contribution in [0.15, 0.2) is 36.4 Å². The average molecular weight is 487 g/mol. The van der Waals surface area contributed by atoms with Gasteiger partial charge >= 0.3 is 5.97 Å². The average Bonchev–Trinajstić information content (AvgIpc) is 2.81. The molecule has 0 atom stereocenters. The minimum Gasteiger partial charge on any atom is -0.496 e. The van der Waals surface area contributed by atoms with E-state index in [0.717, 1.165) is 0 Å². The minimum absolute atomic E-state index is 0.290. The molecule has 0 aliphatic rings. The number of anilines is 2. The molecule has 0 radical (unpaired) electrons. The zero-order chi connectivity index (χ0) is 26.2. The molecule has 0 aliphatic carbocycles. The van der Waals surface area contributed by atoms with Crippen LogP contribution in [0, 0.1) is 0 Å². The van der Waals surface area contributed by atoms with Gasteiger partial charge in [-0.1, -0.05) is 0 Å². The molecule has 35 heavy (non-hydrogen) atoms. The number of carbonyl (C=O) groups is 3. The maximum Gasteiger partial charge on any atom is 0.303 e. The van der Waals surface area contributed by atoms with Crippen molar-refractivity contribution in [3.63, 3.8) is 0 Å². The molecule has 0 aromatic heterocycles. The predicted molar refractivity (Wildman–Crippen MR) is 131 cm³/mol. The summed E-state index contributed by atoms with van der Waals surface area (Å²) in [5, 5.41) is 5.39. The second-order valence-corrected chi connectivity index (χ2v) is 7.74. The lowest BCUT2D eigenvalue weighted by Crippen LogP contribution is -2.41. The molecule has 2 rings (SSSR count). The molecule has 0 heterocycles. The SMILES string of the molecule is COc1cc(OC)c(/C=C/C(=O)Nc2ccc(OC)c(NC(=O)C(C)(C)OC(C)=O)c2)c(OC)c1. The molecule has 0 fully saturated rings. The number of hydrogen-bond donors (Lipinski definition) is 2. The summed E-state index contributed by atoms with van der Waals surface area (Å²) >= 11 is 0. The smallest absolute Gasteiger partial charge is 0.303 e. The molecule has 2 amide bonds. The third-order valence-electron chi connectivity index (χ3n) is 4.82. The van der Waals surface area contributed by atoms with Crippen molar-refractivity contribution in [1.29, 1.82) is 0 Å². The summed E-state index contributed by atoms with van der Waals surface area (Å²) in [7, 11) is 5.97. The number of benzene rings is 2. The topological polar surface area (TPSA) is 121 Å². The first-order valence-corrected chi connectivity index (χ1v) is 10.5. The van der Waals surface area contributed by atoms with Gasteiger partial charge in [0.15, 0.2) is 5.60 Å². The van der Waals surface area contributed by atoms with Crippen molar-refractivity contribution in [2.75, 3.05) is 39.1 Å². The van der Waals surface area contributed by atoms with Crippen molar-refractivity contribution in [2.45, 2.75) is 26.4 Å². The van der Waals surface area contributed by atoms with Gasteiger partial charge in [0, 0.05) is 30.8 Å². The molecule has 10 nitrogen and oxygen atoms in total. The first-order chi connectivity index (χ1) is 16.5. The van der Waals surface area contributed by atoms with Crippen LogP contribution < -0.4 is 29.6 Å².